The van der Waals surface area contributed by atoms with E-state index in [0.29, 0.717) is 11.2 Å². The van der Waals surface area contributed by atoms with E-state index < -0.39 is 8.07 Å². The Balaban J connectivity index is 0.000000157. The van der Waals surface area contributed by atoms with Gasteiger partial charge in [-0.1, -0.05) is 108 Å². The monoisotopic (exact) mass is 861 g/mol. The zero-order valence-electron chi connectivity index (χ0n) is 28.3. The Hall–Kier alpha value is -5.20. The summed E-state index contributed by atoms with van der Waals surface area (Å²) in [6.07, 6.45) is 4.70. The molecular weight excluding hydrogens is 828 g/mol. The Kier molecular flexibility index (Phi) is 9.54. The van der Waals surface area contributed by atoms with Gasteiger partial charge in [0.2, 0.25) is 0 Å². The molecule has 4 nitrogen and oxygen atoms in total. The molecule has 0 atom stereocenters. The van der Waals surface area contributed by atoms with Crippen LogP contribution in [0.4, 0.5) is 4.39 Å². The van der Waals surface area contributed by atoms with Crippen LogP contribution in [0.1, 0.15) is 11.1 Å². The number of fused-ring (bicyclic) bond motifs is 6. The summed E-state index contributed by atoms with van der Waals surface area (Å²) in [5.74, 6) is -0.301. The first-order valence-corrected chi connectivity index (χ1v) is 20.1. The van der Waals surface area contributed by atoms with Gasteiger partial charge in [-0.15, -0.1) is 36.4 Å². The fourth-order valence-corrected chi connectivity index (χ4v) is 7.36. The Morgan fingerprint density at radius 3 is 1.98 bits per heavy atom. The van der Waals surface area contributed by atoms with E-state index in [2.05, 4.69) is 96.3 Å². The van der Waals surface area contributed by atoms with Crippen LogP contribution in [0.15, 0.2) is 143 Å². The van der Waals surface area contributed by atoms with Gasteiger partial charge in [-0.3, -0.25) is 0 Å². The zero-order chi connectivity index (χ0) is 34.2. The molecule has 0 aliphatic rings. The van der Waals surface area contributed by atoms with Crippen molar-refractivity contribution < 1.29 is 33.3 Å². The Morgan fingerprint density at radius 2 is 1.27 bits per heavy atom. The Labute approximate surface area is 310 Å². The molecule has 0 saturated heterocycles. The van der Waals surface area contributed by atoms with Crippen molar-refractivity contribution in [1.82, 2.24) is 9.97 Å². The number of hydrogen-bond donors (Lipinski definition) is 0. The minimum atomic E-state index is -1.38. The van der Waals surface area contributed by atoms with Crippen LogP contribution in [-0.4, -0.2) is 18.0 Å². The molecule has 0 N–H and O–H groups in total. The van der Waals surface area contributed by atoms with Gasteiger partial charge in [0, 0.05) is 49.3 Å². The van der Waals surface area contributed by atoms with Crippen molar-refractivity contribution in [2.45, 2.75) is 26.1 Å². The second kappa shape index (κ2) is 14.2. The molecule has 0 saturated carbocycles. The summed E-state index contributed by atoms with van der Waals surface area (Å²) in [7, 11) is -1.38. The van der Waals surface area contributed by atoms with Crippen molar-refractivity contribution in [2.24, 2.45) is 0 Å². The Bertz CT molecular complexity index is 2630. The third kappa shape index (κ3) is 6.93. The van der Waals surface area contributed by atoms with E-state index in [1.165, 1.54) is 28.4 Å². The summed E-state index contributed by atoms with van der Waals surface area (Å²) in [6, 6.07) is 45.9. The van der Waals surface area contributed by atoms with Crippen molar-refractivity contribution in [2.75, 3.05) is 0 Å². The van der Waals surface area contributed by atoms with Crippen molar-refractivity contribution in [1.29, 1.82) is 0 Å². The van der Waals surface area contributed by atoms with E-state index >= 15 is 0 Å². The number of furan rings is 2. The maximum atomic E-state index is 13.5. The van der Waals surface area contributed by atoms with Crippen molar-refractivity contribution in [3.63, 3.8) is 0 Å². The summed E-state index contributed by atoms with van der Waals surface area (Å²) in [5.41, 5.74) is 8.93. The molecule has 1 radical (unpaired) electrons. The van der Waals surface area contributed by atoms with E-state index in [4.69, 9.17) is 8.83 Å². The number of rotatable bonds is 5. The summed E-state index contributed by atoms with van der Waals surface area (Å²) < 4.78 is 25.5. The van der Waals surface area contributed by atoms with E-state index in [9.17, 15) is 4.39 Å². The molecule has 9 aromatic rings. The van der Waals surface area contributed by atoms with Gasteiger partial charge in [0.05, 0.1) is 19.2 Å². The van der Waals surface area contributed by atoms with E-state index in [1.54, 1.807) is 6.07 Å². The average Bonchev–Trinajstić information content (AvgIpc) is 3.70. The number of halogens is 1. The van der Waals surface area contributed by atoms with Gasteiger partial charge in [0.1, 0.15) is 17.0 Å². The minimum Gasteiger partial charge on any atom is -0.501 e. The quantitative estimate of drug-likeness (QED) is 0.128. The molecule has 0 bridgehead atoms. The van der Waals surface area contributed by atoms with Crippen molar-refractivity contribution >= 4 is 57.1 Å². The number of aromatic nitrogens is 2. The van der Waals surface area contributed by atoms with Gasteiger partial charge >= 0.3 is 0 Å². The largest absolute Gasteiger partial charge is 0.501 e. The van der Waals surface area contributed by atoms with E-state index in [0.717, 1.165) is 61.6 Å². The molecule has 0 unspecified atom stereocenters. The number of para-hydroxylation sites is 1. The second-order valence-corrected chi connectivity index (χ2v) is 18.5. The number of benzene rings is 5. The van der Waals surface area contributed by atoms with Crippen LogP contribution in [-0.2, 0) is 26.5 Å². The standard InChI is InChI=1S/C24H16NO.C20H17FNOSi.Ir/c1-2-7-17(8-3-1)15-18-13-14-25-22(16-18)21-11-6-10-20-19-9-4-5-12-23(19)26-24(20)21;1-24(2,3)14-8-10-18(22-12-14)17-6-4-5-16-15-9-7-13(21)11-19(15)23-20(16)17;/h1-10,12-14,16H,15H2;4-5,7-12H,1-3H3;/q2*-1;. The van der Waals surface area contributed by atoms with Crippen LogP contribution in [0.25, 0.3) is 66.4 Å². The van der Waals surface area contributed by atoms with Gasteiger partial charge < -0.3 is 18.8 Å². The first-order chi connectivity index (χ1) is 24.3. The molecule has 0 spiro atoms. The van der Waals surface area contributed by atoms with Crippen LogP contribution in [0.5, 0.6) is 0 Å². The molecule has 7 heteroatoms. The minimum absolute atomic E-state index is 0. The third-order valence-electron chi connectivity index (χ3n) is 8.95. The summed E-state index contributed by atoms with van der Waals surface area (Å²) in [6.45, 7) is 6.89. The van der Waals surface area contributed by atoms with Gasteiger partial charge in [0.25, 0.3) is 0 Å². The first kappa shape index (κ1) is 34.3. The van der Waals surface area contributed by atoms with Crippen LogP contribution in [0.3, 0.4) is 0 Å². The average molecular weight is 861 g/mol. The van der Waals surface area contributed by atoms with Gasteiger partial charge in [0.15, 0.2) is 0 Å². The van der Waals surface area contributed by atoms with Crippen LogP contribution in [0, 0.1) is 17.9 Å². The summed E-state index contributed by atoms with van der Waals surface area (Å²) >= 11 is 0. The van der Waals surface area contributed by atoms with Crippen LogP contribution < -0.4 is 5.19 Å². The molecule has 9 rings (SSSR count). The number of nitrogens with zero attached hydrogens (tertiary/aromatic N) is 2. The number of pyridine rings is 2. The maximum absolute atomic E-state index is 13.5. The summed E-state index contributed by atoms with van der Waals surface area (Å²) in [5, 5.41) is 5.39. The molecular formula is C44H33FIrN2O2Si-2. The zero-order valence-corrected chi connectivity index (χ0v) is 31.7. The Morgan fingerprint density at radius 1 is 0.608 bits per heavy atom. The first-order valence-electron chi connectivity index (χ1n) is 16.6. The maximum Gasteiger partial charge on any atom is 0.126 e. The molecule has 253 valence electrons. The molecule has 0 aliphatic carbocycles. The fraction of sp³-hybridized carbons (Fsp3) is 0.0909. The fourth-order valence-electron chi connectivity index (χ4n) is 6.32. The van der Waals surface area contributed by atoms with Gasteiger partial charge in [-0.2, -0.15) is 0 Å². The van der Waals surface area contributed by atoms with Crippen LogP contribution >= 0.6 is 0 Å². The molecule has 51 heavy (non-hydrogen) atoms. The topological polar surface area (TPSA) is 52.1 Å². The normalized spacial score (nSPS) is 11.5. The van der Waals surface area contributed by atoms with Gasteiger partial charge in [-0.05, 0) is 58.4 Å². The summed E-state index contributed by atoms with van der Waals surface area (Å²) in [4.78, 5) is 9.20. The van der Waals surface area contributed by atoms with E-state index in [1.807, 2.05) is 60.9 Å². The SMILES string of the molecule is C[Si](C)(C)c1ccc(-c2[c-]ccc3c2oc2cc(F)ccc23)nc1.[Ir].[c-]1ccc2c(oc3ccccc32)c1-c1cc(Cc2ccccc2)ccn1. The molecule has 0 amide bonds. The van der Waals surface area contributed by atoms with Crippen molar-refractivity contribution in [3.05, 3.63) is 163 Å². The third-order valence-corrected chi connectivity index (χ3v) is 11.0. The molecule has 4 aromatic heterocycles. The predicted molar refractivity (Wildman–Crippen MR) is 204 cm³/mol. The predicted octanol–water partition coefficient (Wildman–Crippen LogP) is 11.2. The molecule has 4 heterocycles. The number of hydrogen-bond acceptors (Lipinski definition) is 4. The van der Waals surface area contributed by atoms with Crippen molar-refractivity contribution in [3.8, 4) is 22.5 Å². The van der Waals surface area contributed by atoms with Gasteiger partial charge in [-0.25, -0.2) is 4.39 Å². The second-order valence-electron chi connectivity index (χ2n) is 13.4. The van der Waals surface area contributed by atoms with Crippen LogP contribution in [0.2, 0.25) is 19.6 Å². The smallest absolute Gasteiger partial charge is 0.126 e. The molecule has 0 fully saturated rings. The van der Waals surface area contributed by atoms with E-state index in [-0.39, 0.29) is 25.9 Å². The molecule has 5 aromatic carbocycles. The molecule has 0 aliphatic heterocycles.